The van der Waals surface area contributed by atoms with Gasteiger partial charge in [0.2, 0.25) is 0 Å². The predicted octanol–water partition coefficient (Wildman–Crippen LogP) is 4.59. The monoisotopic (exact) mass is 488 g/mol. The van der Waals surface area contributed by atoms with Gasteiger partial charge in [0.25, 0.3) is 0 Å². The Kier molecular flexibility index (Phi) is 7.52. The number of fused-ring (bicyclic) bond motifs is 1. The number of aliphatic carboxylic acids is 1. The van der Waals surface area contributed by atoms with Gasteiger partial charge >= 0.3 is 5.97 Å². The number of carbonyl (C=O) groups is 1. The number of nitrogens with zero attached hydrogens (tertiary/aromatic N) is 2. The van der Waals surface area contributed by atoms with Gasteiger partial charge in [0, 0.05) is 38.2 Å². The number of carboxylic acids is 1. The number of hydrazine groups is 1. The Hall–Kier alpha value is -3.55. The normalized spacial score (nSPS) is 16.5. The second-order valence-corrected chi connectivity index (χ2v) is 9.87. The maximum Gasteiger partial charge on any atom is 0.304 e. The van der Waals surface area contributed by atoms with Gasteiger partial charge < -0.3 is 20.6 Å². The van der Waals surface area contributed by atoms with Crippen LogP contribution in [-0.4, -0.2) is 35.7 Å². The first-order valence-corrected chi connectivity index (χ1v) is 12.3. The van der Waals surface area contributed by atoms with Crippen LogP contribution in [0, 0.1) is 13.8 Å². The first-order chi connectivity index (χ1) is 17.1. The summed E-state index contributed by atoms with van der Waals surface area (Å²) in [6.45, 7) is 8.48. The van der Waals surface area contributed by atoms with Crippen molar-refractivity contribution in [1.29, 1.82) is 0 Å². The molecule has 0 saturated carbocycles. The maximum absolute atomic E-state index is 11.9. The van der Waals surface area contributed by atoms with Gasteiger partial charge in [-0.05, 0) is 60.7 Å². The van der Waals surface area contributed by atoms with Gasteiger partial charge in [0.05, 0.1) is 17.8 Å². The molecule has 7 nitrogen and oxygen atoms in total. The molecule has 0 saturated heterocycles. The third kappa shape index (κ3) is 5.48. The molecule has 1 aliphatic rings. The Labute approximate surface area is 213 Å². The topological polar surface area (TPSA) is 105 Å². The van der Waals surface area contributed by atoms with E-state index in [1.165, 1.54) is 21.7 Å². The summed E-state index contributed by atoms with van der Waals surface area (Å²) in [5.41, 5.74) is 13.9. The zero-order valence-corrected chi connectivity index (χ0v) is 21.5. The number of hydrogen-bond donors (Lipinski definition) is 3. The Morgan fingerprint density at radius 1 is 1.19 bits per heavy atom. The van der Waals surface area contributed by atoms with Crippen LogP contribution in [0.5, 0.6) is 5.75 Å². The van der Waals surface area contributed by atoms with Gasteiger partial charge in [0.15, 0.2) is 0 Å². The van der Waals surface area contributed by atoms with Crippen LogP contribution in [0.15, 0.2) is 54.6 Å². The Balaban J connectivity index is 1.68. The summed E-state index contributed by atoms with van der Waals surface area (Å²) in [7, 11) is 1.74. The zero-order valence-electron chi connectivity index (χ0n) is 21.5. The van der Waals surface area contributed by atoms with Gasteiger partial charge in [0.1, 0.15) is 11.9 Å². The third-order valence-corrected chi connectivity index (χ3v) is 7.05. The molecule has 1 aliphatic heterocycles. The van der Waals surface area contributed by atoms with E-state index in [4.69, 9.17) is 16.3 Å². The van der Waals surface area contributed by atoms with Crippen molar-refractivity contribution in [2.45, 2.75) is 52.3 Å². The fourth-order valence-corrected chi connectivity index (χ4v) is 5.11. The number of nitrogen functional groups attached to an aromatic ring is 1. The van der Waals surface area contributed by atoms with Gasteiger partial charge in [-0.1, -0.05) is 42.5 Å². The van der Waals surface area contributed by atoms with E-state index in [9.17, 15) is 9.90 Å². The molecule has 0 aromatic heterocycles. The molecule has 0 spiro atoms. The number of hydrogen-bond acceptors (Lipinski definition) is 6. The first-order valence-electron chi connectivity index (χ1n) is 12.3. The van der Waals surface area contributed by atoms with E-state index in [0.717, 1.165) is 42.1 Å². The molecule has 5 N–H and O–H groups in total. The molecular formula is C29H36N4O3. The number of ether oxygens (including phenoxy) is 1. The van der Waals surface area contributed by atoms with Gasteiger partial charge in [-0.25, -0.2) is 5.84 Å². The van der Waals surface area contributed by atoms with Crippen molar-refractivity contribution >= 4 is 17.3 Å². The number of anilines is 2. The molecule has 4 rings (SSSR count). The molecule has 0 aliphatic carbocycles. The minimum absolute atomic E-state index is 0.0252. The molecule has 2 unspecified atom stereocenters. The largest absolute Gasteiger partial charge is 0.489 e. The summed E-state index contributed by atoms with van der Waals surface area (Å²) in [4.78, 5) is 14.3. The average Bonchev–Trinajstić information content (AvgIpc) is 2.97. The third-order valence-electron chi connectivity index (χ3n) is 7.05. The SMILES string of the molecule is Cc1ccc(C(CC(=O)O)c2ccc(N(C)N)c(N)c2C)cc1CN1Cc2ccccc2OC(C)C1. The van der Waals surface area contributed by atoms with Crippen LogP contribution in [0.25, 0.3) is 0 Å². The fourth-order valence-electron chi connectivity index (χ4n) is 5.11. The predicted molar refractivity (Wildman–Crippen MR) is 144 cm³/mol. The quantitative estimate of drug-likeness (QED) is 0.254. The number of para-hydroxylation sites is 1. The number of carboxylic acid groups (broad SMARTS) is 1. The molecule has 0 amide bonds. The minimum Gasteiger partial charge on any atom is -0.489 e. The van der Waals surface area contributed by atoms with Crippen molar-refractivity contribution in [3.05, 3.63) is 88.0 Å². The van der Waals surface area contributed by atoms with E-state index in [0.29, 0.717) is 11.4 Å². The second kappa shape index (κ2) is 10.6. The highest BCUT2D eigenvalue weighted by Gasteiger charge is 2.24. The highest BCUT2D eigenvalue weighted by atomic mass is 16.5. The van der Waals surface area contributed by atoms with E-state index in [2.05, 4.69) is 36.9 Å². The van der Waals surface area contributed by atoms with Crippen LogP contribution in [0.4, 0.5) is 11.4 Å². The summed E-state index contributed by atoms with van der Waals surface area (Å²) < 4.78 is 6.14. The van der Waals surface area contributed by atoms with Crippen LogP contribution in [-0.2, 0) is 17.9 Å². The van der Waals surface area contributed by atoms with Crippen molar-refractivity contribution in [2.75, 3.05) is 24.3 Å². The highest BCUT2D eigenvalue weighted by Crippen LogP contribution is 2.37. The van der Waals surface area contributed by atoms with Crippen LogP contribution < -0.4 is 21.3 Å². The maximum atomic E-state index is 11.9. The van der Waals surface area contributed by atoms with Gasteiger partial charge in [-0.2, -0.15) is 0 Å². The number of rotatable bonds is 7. The molecule has 1 heterocycles. The van der Waals surface area contributed by atoms with Crippen LogP contribution in [0.1, 0.15) is 52.6 Å². The van der Waals surface area contributed by atoms with Crippen molar-refractivity contribution in [2.24, 2.45) is 5.84 Å². The second-order valence-electron chi connectivity index (χ2n) is 9.87. The van der Waals surface area contributed by atoms with E-state index in [-0.39, 0.29) is 18.4 Å². The molecule has 7 heteroatoms. The van der Waals surface area contributed by atoms with E-state index >= 15 is 0 Å². The number of benzene rings is 3. The fraction of sp³-hybridized carbons (Fsp3) is 0.345. The number of nitrogens with two attached hydrogens (primary N) is 2. The van der Waals surface area contributed by atoms with E-state index in [1.54, 1.807) is 7.05 Å². The lowest BCUT2D eigenvalue weighted by Crippen LogP contribution is -2.30. The highest BCUT2D eigenvalue weighted by molar-refractivity contribution is 5.74. The lowest BCUT2D eigenvalue weighted by Gasteiger charge is -2.25. The summed E-state index contributed by atoms with van der Waals surface area (Å²) in [6.07, 6.45) is 0.0458. The molecule has 36 heavy (non-hydrogen) atoms. The molecule has 0 fully saturated rings. The van der Waals surface area contributed by atoms with E-state index in [1.807, 2.05) is 43.3 Å². The van der Waals surface area contributed by atoms with Crippen LogP contribution in [0.3, 0.4) is 0 Å². The summed E-state index contributed by atoms with van der Waals surface area (Å²) in [5, 5.41) is 11.2. The first kappa shape index (κ1) is 25.5. The standard InChI is InChI=1S/C29H36N4O3/c1-18-9-10-21(25(14-28(34)35)24-11-12-26(32(4)31)29(30)20(24)3)13-23(18)17-33-15-19(2)36-27-8-6-5-7-22(27)16-33/h5-13,19,25H,14-17,30-31H2,1-4H3,(H,34,35). The molecular weight excluding hydrogens is 452 g/mol. The van der Waals surface area contributed by atoms with Crippen molar-refractivity contribution in [1.82, 2.24) is 4.90 Å². The number of aryl methyl sites for hydroxylation is 1. The van der Waals surface area contributed by atoms with E-state index < -0.39 is 5.97 Å². The average molecular weight is 489 g/mol. The molecule has 0 bridgehead atoms. The summed E-state index contributed by atoms with van der Waals surface area (Å²) in [6, 6.07) is 18.3. The molecule has 3 aromatic rings. The Bertz CT molecular complexity index is 1260. The van der Waals surface area contributed by atoms with Gasteiger partial charge in [-0.3, -0.25) is 9.69 Å². The molecule has 3 aromatic carbocycles. The van der Waals surface area contributed by atoms with Gasteiger partial charge in [-0.15, -0.1) is 0 Å². The van der Waals surface area contributed by atoms with Crippen molar-refractivity contribution in [3.63, 3.8) is 0 Å². The lowest BCUT2D eigenvalue weighted by molar-refractivity contribution is -0.137. The summed E-state index contributed by atoms with van der Waals surface area (Å²) >= 11 is 0. The Morgan fingerprint density at radius 3 is 2.67 bits per heavy atom. The Morgan fingerprint density at radius 2 is 1.94 bits per heavy atom. The van der Waals surface area contributed by atoms with Crippen LogP contribution >= 0.6 is 0 Å². The molecule has 2 atom stereocenters. The smallest absolute Gasteiger partial charge is 0.304 e. The summed E-state index contributed by atoms with van der Waals surface area (Å²) in [5.74, 6) is 5.69. The zero-order chi connectivity index (χ0) is 26.0. The van der Waals surface area contributed by atoms with Crippen molar-refractivity contribution in [3.8, 4) is 5.75 Å². The molecule has 190 valence electrons. The van der Waals surface area contributed by atoms with Crippen molar-refractivity contribution < 1.29 is 14.6 Å². The molecule has 0 radical (unpaired) electrons. The lowest BCUT2D eigenvalue weighted by atomic mass is 9.84. The minimum atomic E-state index is -0.852. The van der Waals surface area contributed by atoms with Crippen LogP contribution in [0.2, 0.25) is 0 Å².